The Balaban J connectivity index is 1.96. The number of nitrogens with two attached hydrogens (primary N) is 1. The SMILES string of the molecule is Cc1cc(NC(=O)C2CCCCCNC2)ccc1N. The molecule has 1 aliphatic heterocycles. The highest BCUT2D eigenvalue weighted by Crippen LogP contribution is 2.19. The first-order valence-electron chi connectivity index (χ1n) is 7.04. The van der Waals surface area contributed by atoms with Crippen LogP contribution in [0.5, 0.6) is 0 Å². The second-order valence-electron chi connectivity index (χ2n) is 5.31. The lowest BCUT2D eigenvalue weighted by Crippen LogP contribution is -2.34. The Kier molecular flexibility index (Phi) is 4.80. The normalized spacial score (nSPS) is 20.4. The number of benzene rings is 1. The van der Waals surface area contributed by atoms with Crippen molar-refractivity contribution in [2.24, 2.45) is 5.92 Å². The fraction of sp³-hybridized carbons (Fsp3) is 0.533. The number of anilines is 2. The molecule has 2 rings (SSSR count). The van der Waals surface area contributed by atoms with Gasteiger partial charge in [-0.05, 0) is 50.1 Å². The third kappa shape index (κ3) is 3.96. The van der Waals surface area contributed by atoms with Crippen LogP contribution in [-0.2, 0) is 4.79 Å². The topological polar surface area (TPSA) is 67.2 Å². The summed E-state index contributed by atoms with van der Waals surface area (Å²) in [6.07, 6.45) is 4.52. The van der Waals surface area contributed by atoms with Crippen LogP contribution < -0.4 is 16.4 Å². The summed E-state index contributed by atoms with van der Waals surface area (Å²) in [6, 6.07) is 5.61. The van der Waals surface area contributed by atoms with E-state index in [1.54, 1.807) is 0 Å². The van der Waals surface area contributed by atoms with Gasteiger partial charge in [0, 0.05) is 17.9 Å². The van der Waals surface area contributed by atoms with Gasteiger partial charge >= 0.3 is 0 Å². The van der Waals surface area contributed by atoms with Crippen LogP contribution in [0.2, 0.25) is 0 Å². The number of aryl methyl sites for hydroxylation is 1. The van der Waals surface area contributed by atoms with Crippen molar-refractivity contribution in [3.8, 4) is 0 Å². The molecule has 1 amide bonds. The number of rotatable bonds is 2. The fourth-order valence-electron chi connectivity index (χ4n) is 2.42. The van der Waals surface area contributed by atoms with Gasteiger partial charge in [0.05, 0.1) is 5.92 Å². The van der Waals surface area contributed by atoms with Gasteiger partial charge in [-0.1, -0.05) is 12.8 Å². The zero-order valence-electron chi connectivity index (χ0n) is 11.5. The van der Waals surface area contributed by atoms with E-state index < -0.39 is 0 Å². The van der Waals surface area contributed by atoms with Crippen molar-refractivity contribution in [1.29, 1.82) is 0 Å². The molecule has 1 fully saturated rings. The molecule has 4 heteroatoms. The van der Waals surface area contributed by atoms with E-state index in [-0.39, 0.29) is 11.8 Å². The largest absolute Gasteiger partial charge is 0.399 e. The van der Waals surface area contributed by atoms with Crippen molar-refractivity contribution < 1.29 is 4.79 Å². The second kappa shape index (κ2) is 6.57. The van der Waals surface area contributed by atoms with Crippen LogP contribution in [0.1, 0.15) is 31.2 Å². The third-order valence-corrected chi connectivity index (χ3v) is 3.71. The van der Waals surface area contributed by atoms with E-state index in [1.807, 2.05) is 25.1 Å². The molecule has 1 aliphatic rings. The number of carbonyl (C=O) groups excluding carboxylic acids is 1. The summed E-state index contributed by atoms with van der Waals surface area (Å²) >= 11 is 0. The summed E-state index contributed by atoms with van der Waals surface area (Å²) in [5.74, 6) is 0.178. The van der Waals surface area contributed by atoms with Gasteiger partial charge in [0.1, 0.15) is 0 Å². The second-order valence-corrected chi connectivity index (χ2v) is 5.31. The zero-order valence-corrected chi connectivity index (χ0v) is 11.5. The Labute approximate surface area is 114 Å². The van der Waals surface area contributed by atoms with E-state index in [0.717, 1.165) is 42.9 Å². The van der Waals surface area contributed by atoms with E-state index in [0.29, 0.717) is 0 Å². The van der Waals surface area contributed by atoms with Crippen LogP contribution in [0.3, 0.4) is 0 Å². The predicted molar refractivity (Wildman–Crippen MR) is 79.0 cm³/mol. The quantitative estimate of drug-likeness (QED) is 0.716. The number of amides is 1. The van der Waals surface area contributed by atoms with Crippen LogP contribution in [-0.4, -0.2) is 19.0 Å². The van der Waals surface area contributed by atoms with Gasteiger partial charge in [0.25, 0.3) is 0 Å². The molecule has 0 aromatic heterocycles. The van der Waals surface area contributed by atoms with Crippen LogP contribution in [0.4, 0.5) is 11.4 Å². The molecule has 1 heterocycles. The van der Waals surface area contributed by atoms with Gasteiger partial charge in [-0.2, -0.15) is 0 Å². The van der Waals surface area contributed by atoms with E-state index >= 15 is 0 Å². The Hall–Kier alpha value is -1.55. The maximum absolute atomic E-state index is 12.2. The average Bonchev–Trinajstić information content (AvgIpc) is 2.33. The monoisotopic (exact) mass is 261 g/mol. The van der Waals surface area contributed by atoms with Crippen molar-refractivity contribution in [2.45, 2.75) is 32.6 Å². The molecule has 19 heavy (non-hydrogen) atoms. The first-order valence-corrected chi connectivity index (χ1v) is 7.04. The number of hydrogen-bond acceptors (Lipinski definition) is 3. The van der Waals surface area contributed by atoms with E-state index in [9.17, 15) is 4.79 Å². The van der Waals surface area contributed by atoms with Crippen molar-refractivity contribution >= 4 is 17.3 Å². The maximum atomic E-state index is 12.2. The lowest BCUT2D eigenvalue weighted by Gasteiger charge is -2.20. The molecule has 4 N–H and O–H groups in total. The molecule has 4 nitrogen and oxygen atoms in total. The van der Waals surface area contributed by atoms with Gasteiger partial charge in [-0.15, -0.1) is 0 Å². The van der Waals surface area contributed by atoms with Gasteiger partial charge in [0.15, 0.2) is 0 Å². The molecule has 1 aromatic rings. The molecular formula is C15H23N3O. The summed E-state index contributed by atoms with van der Waals surface area (Å²) in [7, 11) is 0. The Morgan fingerprint density at radius 1 is 1.37 bits per heavy atom. The number of hydrogen-bond donors (Lipinski definition) is 3. The smallest absolute Gasteiger partial charge is 0.228 e. The van der Waals surface area contributed by atoms with Crippen molar-refractivity contribution in [2.75, 3.05) is 24.1 Å². The summed E-state index contributed by atoms with van der Waals surface area (Å²) in [6.45, 7) is 3.74. The number of nitrogens with one attached hydrogen (secondary N) is 2. The fourth-order valence-corrected chi connectivity index (χ4v) is 2.42. The molecule has 0 saturated carbocycles. The molecule has 1 unspecified atom stereocenters. The highest BCUT2D eigenvalue weighted by atomic mass is 16.1. The van der Waals surface area contributed by atoms with E-state index in [4.69, 9.17) is 5.73 Å². The van der Waals surface area contributed by atoms with Gasteiger partial charge in [-0.3, -0.25) is 4.79 Å². The Bertz CT molecular complexity index is 437. The molecule has 0 radical (unpaired) electrons. The standard InChI is InChI=1S/C15H23N3O/c1-11-9-13(6-7-14(11)16)18-15(19)12-5-3-2-4-8-17-10-12/h6-7,9,12,17H,2-5,8,10,16H2,1H3,(H,18,19). The lowest BCUT2D eigenvalue weighted by atomic mass is 9.98. The van der Waals surface area contributed by atoms with Gasteiger partial charge in [0.2, 0.25) is 5.91 Å². The summed E-state index contributed by atoms with van der Waals surface area (Å²) in [5, 5.41) is 6.34. The third-order valence-electron chi connectivity index (χ3n) is 3.71. The van der Waals surface area contributed by atoms with E-state index in [2.05, 4.69) is 10.6 Å². The maximum Gasteiger partial charge on any atom is 0.228 e. The van der Waals surface area contributed by atoms with Crippen LogP contribution >= 0.6 is 0 Å². The molecular weight excluding hydrogens is 238 g/mol. The summed E-state index contributed by atoms with van der Waals surface area (Å²) < 4.78 is 0. The highest BCUT2D eigenvalue weighted by molar-refractivity contribution is 5.93. The van der Waals surface area contributed by atoms with Crippen LogP contribution in [0.15, 0.2) is 18.2 Å². The number of carbonyl (C=O) groups is 1. The average molecular weight is 261 g/mol. The molecule has 104 valence electrons. The summed E-state index contributed by atoms with van der Waals surface area (Å²) in [4.78, 5) is 12.2. The van der Waals surface area contributed by atoms with E-state index in [1.165, 1.54) is 12.8 Å². The predicted octanol–water partition coefficient (Wildman–Crippen LogP) is 2.30. The molecule has 1 saturated heterocycles. The minimum absolute atomic E-state index is 0.0677. The van der Waals surface area contributed by atoms with Crippen molar-refractivity contribution in [3.63, 3.8) is 0 Å². The molecule has 1 atom stereocenters. The number of nitrogen functional groups attached to an aromatic ring is 1. The Morgan fingerprint density at radius 2 is 2.21 bits per heavy atom. The van der Waals surface area contributed by atoms with Gasteiger partial charge < -0.3 is 16.4 Å². The summed E-state index contributed by atoms with van der Waals surface area (Å²) in [5.41, 5.74) is 8.36. The highest BCUT2D eigenvalue weighted by Gasteiger charge is 2.19. The lowest BCUT2D eigenvalue weighted by molar-refractivity contribution is -0.120. The molecule has 1 aromatic carbocycles. The van der Waals surface area contributed by atoms with Gasteiger partial charge in [-0.25, -0.2) is 0 Å². The van der Waals surface area contributed by atoms with Crippen LogP contribution in [0.25, 0.3) is 0 Å². The molecule has 0 aliphatic carbocycles. The van der Waals surface area contributed by atoms with Crippen molar-refractivity contribution in [3.05, 3.63) is 23.8 Å². The minimum atomic E-state index is 0.0677. The first-order chi connectivity index (χ1) is 9.16. The van der Waals surface area contributed by atoms with Crippen molar-refractivity contribution in [1.82, 2.24) is 5.32 Å². The zero-order chi connectivity index (χ0) is 13.7. The molecule has 0 spiro atoms. The first kappa shape index (κ1) is 13.9. The van der Waals surface area contributed by atoms with Crippen LogP contribution in [0, 0.1) is 12.8 Å². The molecule has 0 bridgehead atoms. The Morgan fingerprint density at radius 3 is 3.00 bits per heavy atom. The minimum Gasteiger partial charge on any atom is -0.399 e.